The Balaban J connectivity index is 1.45. The number of aromatic nitrogens is 4. The molecule has 1 atom stereocenters. The quantitative estimate of drug-likeness (QED) is 0.588. The van der Waals surface area contributed by atoms with Crippen molar-refractivity contribution in [2.75, 3.05) is 29.2 Å². The second-order valence-electron chi connectivity index (χ2n) is 7.61. The number of rotatable bonds is 6. The Labute approximate surface area is 182 Å². The molecule has 0 fully saturated rings. The van der Waals surface area contributed by atoms with Gasteiger partial charge in [0.05, 0.1) is 18.9 Å². The number of hydrogen-bond acceptors (Lipinski definition) is 6. The smallest absolute Gasteiger partial charge is 0.249 e. The number of amides is 1. The third-order valence-corrected chi connectivity index (χ3v) is 5.44. The molecule has 0 saturated carbocycles. The zero-order valence-corrected chi connectivity index (χ0v) is 17.8. The molecule has 3 aromatic rings. The van der Waals surface area contributed by atoms with Crippen LogP contribution in [0, 0.1) is 17.5 Å². The molecule has 1 aliphatic rings. The SMILES string of the molecule is CCC1C(=O)N(C)c2cnc(NCc3cnn(Cc4cc(F)c(F)c(F)c4)c3)nc2N1C. The predicted molar refractivity (Wildman–Crippen MR) is 113 cm³/mol. The molecule has 0 spiro atoms. The van der Waals surface area contributed by atoms with Gasteiger partial charge >= 0.3 is 0 Å². The van der Waals surface area contributed by atoms with Crippen LogP contribution < -0.4 is 15.1 Å². The highest BCUT2D eigenvalue weighted by molar-refractivity contribution is 6.04. The first kappa shape index (κ1) is 21.6. The molecule has 0 radical (unpaired) electrons. The summed E-state index contributed by atoms with van der Waals surface area (Å²) in [7, 11) is 3.54. The van der Waals surface area contributed by atoms with Crippen LogP contribution in [-0.2, 0) is 17.9 Å². The number of likely N-dealkylation sites (N-methyl/N-ethyl adjacent to an activating group) is 2. The first-order valence-corrected chi connectivity index (χ1v) is 10.0. The van der Waals surface area contributed by atoms with E-state index in [1.165, 1.54) is 4.68 Å². The molecule has 11 heteroatoms. The lowest BCUT2D eigenvalue weighted by molar-refractivity contribution is -0.119. The van der Waals surface area contributed by atoms with Gasteiger partial charge in [-0.15, -0.1) is 0 Å². The molecule has 4 rings (SSSR count). The number of carbonyl (C=O) groups is 1. The molecular formula is C21H22F3N7O. The van der Waals surface area contributed by atoms with Crippen LogP contribution in [0.2, 0.25) is 0 Å². The second-order valence-corrected chi connectivity index (χ2v) is 7.61. The summed E-state index contributed by atoms with van der Waals surface area (Å²) in [6, 6.07) is 1.61. The molecule has 0 aliphatic carbocycles. The fraction of sp³-hybridized carbons (Fsp3) is 0.333. The highest BCUT2D eigenvalue weighted by atomic mass is 19.2. The molecule has 1 unspecified atom stereocenters. The number of anilines is 3. The minimum Gasteiger partial charge on any atom is -0.350 e. The molecule has 168 valence electrons. The van der Waals surface area contributed by atoms with E-state index >= 15 is 0 Å². The minimum absolute atomic E-state index is 0.000130. The van der Waals surface area contributed by atoms with Crippen molar-refractivity contribution in [3.8, 4) is 0 Å². The molecule has 32 heavy (non-hydrogen) atoms. The highest BCUT2D eigenvalue weighted by Crippen LogP contribution is 2.33. The van der Waals surface area contributed by atoms with Crippen LogP contribution in [-0.4, -0.2) is 45.8 Å². The normalized spacial score (nSPS) is 15.8. The third kappa shape index (κ3) is 3.97. The van der Waals surface area contributed by atoms with Gasteiger partial charge in [-0.2, -0.15) is 10.1 Å². The zero-order valence-electron chi connectivity index (χ0n) is 17.8. The van der Waals surface area contributed by atoms with Gasteiger partial charge in [-0.05, 0) is 24.1 Å². The summed E-state index contributed by atoms with van der Waals surface area (Å²) in [5.74, 6) is -2.91. The van der Waals surface area contributed by atoms with Crippen LogP contribution in [0.4, 0.5) is 30.6 Å². The minimum atomic E-state index is -1.49. The van der Waals surface area contributed by atoms with Gasteiger partial charge in [0.2, 0.25) is 11.9 Å². The molecule has 1 aromatic carbocycles. The van der Waals surface area contributed by atoms with Gasteiger partial charge < -0.3 is 15.1 Å². The van der Waals surface area contributed by atoms with Gasteiger partial charge in [0.15, 0.2) is 23.3 Å². The monoisotopic (exact) mass is 445 g/mol. The van der Waals surface area contributed by atoms with E-state index < -0.39 is 17.5 Å². The van der Waals surface area contributed by atoms with E-state index in [2.05, 4.69) is 20.4 Å². The van der Waals surface area contributed by atoms with E-state index in [0.717, 1.165) is 17.7 Å². The second kappa shape index (κ2) is 8.48. The summed E-state index contributed by atoms with van der Waals surface area (Å²) in [4.78, 5) is 24.7. The average Bonchev–Trinajstić information content (AvgIpc) is 3.22. The van der Waals surface area contributed by atoms with Crippen LogP contribution in [0.25, 0.3) is 0 Å². The van der Waals surface area contributed by atoms with E-state index in [1.807, 2.05) is 18.9 Å². The van der Waals surface area contributed by atoms with E-state index in [1.54, 1.807) is 30.5 Å². The van der Waals surface area contributed by atoms with Crippen molar-refractivity contribution in [3.05, 3.63) is 59.3 Å². The maximum atomic E-state index is 13.4. The van der Waals surface area contributed by atoms with E-state index in [4.69, 9.17) is 0 Å². The number of benzene rings is 1. The Kier molecular flexibility index (Phi) is 5.72. The molecule has 1 amide bonds. The lowest BCUT2D eigenvalue weighted by Gasteiger charge is -2.37. The van der Waals surface area contributed by atoms with Gasteiger partial charge in [-0.25, -0.2) is 18.2 Å². The molecule has 0 saturated heterocycles. The topological polar surface area (TPSA) is 79.2 Å². The first-order chi connectivity index (χ1) is 15.3. The maximum absolute atomic E-state index is 13.4. The van der Waals surface area contributed by atoms with Crippen LogP contribution in [0.1, 0.15) is 24.5 Å². The number of fused-ring (bicyclic) bond motifs is 1. The van der Waals surface area contributed by atoms with Crippen molar-refractivity contribution in [1.29, 1.82) is 0 Å². The Bertz CT molecular complexity index is 1140. The lowest BCUT2D eigenvalue weighted by Crippen LogP contribution is -2.50. The largest absolute Gasteiger partial charge is 0.350 e. The molecule has 3 heterocycles. The van der Waals surface area contributed by atoms with Crippen molar-refractivity contribution in [2.45, 2.75) is 32.5 Å². The zero-order chi connectivity index (χ0) is 23.0. The van der Waals surface area contributed by atoms with Gasteiger partial charge in [0.1, 0.15) is 11.7 Å². The predicted octanol–water partition coefficient (Wildman–Crippen LogP) is 2.94. The van der Waals surface area contributed by atoms with Crippen LogP contribution in [0.3, 0.4) is 0 Å². The van der Waals surface area contributed by atoms with E-state index in [-0.39, 0.29) is 24.1 Å². The summed E-state index contributed by atoms with van der Waals surface area (Å²) in [6.45, 7) is 2.40. The number of nitrogens with zero attached hydrogens (tertiary/aromatic N) is 6. The summed E-state index contributed by atoms with van der Waals surface area (Å²) in [5, 5.41) is 7.29. The summed E-state index contributed by atoms with van der Waals surface area (Å²) >= 11 is 0. The molecule has 2 aromatic heterocycles. The number of halogens is 3. The van der Waals surface area contributed by atoms with Crippen LogP contribution >= 0.6 is 0 Å². The van der Waals surface area contributed by atoms with E-state index in [9.17, 15) is 18.0 Å². The molecule has 1 N–H and O–H groups in total. The Morgan fingerprint density at radius 3 is 2.50 bits per heavy atom. The van der Waals surface area contributed by atoms with Crippen molar-refractivity contribution < 1.29 is 18.0 Å². The number of carbonyl (C=O) groups excluding carboxylic acids is 1. The summed E-state index contributed by atoms with van der Waals surface area (Å²) in [6.07, 6.45) is 5.57. The third-order valence-electron chi connectivity index (χ3n) is 5.44. The molecule has 0 bridgehead atoms. The van der Waals surface area contributed by atoms with Gasteiger partial charge in [-0.3, -0.25) is 9.48 Å². The number of hydrogen-bond donors (Lipinski definition) is 1. The van der Waals surface area contributed by atoms with Crippen LogP contribution in [0.5, 0.6) is 0 Å². The Morgan fingerprint density at radius 1 is 1.09 bits per heavy atom. The van der Waals surface area contributed by atoms with Gasteiger partial charge in [0, 0.05) is 32.4 Å². The Hall–Kier alpha value is -3.63. The molecular weight excluding hydrogens is 423 g/mol. The Morgan fingerprint density at radius 2 is 1.81 bits per heavy atom. The van der Waals surface area contributed by atoms with Crippen molar-refractivity contribution in [2.24, 2.45) is 0 Å². The fourth-order valence-corrected chi connectivity index (χ4v) is 3.70. The van der Waals surface area contributed by atoms with E-state index in [0.29, 0.717) is 30.4 Å². The standard InChI is InChI=1S/C21H22F3N7O/c1-4-16-20(32)30(3)17-9-26-21(28-19(17)29(16)2)25-7-13-8-27-31(11-13)10-12-5-14(22)18(24)15(23)6-12/h5-6,8-9,11,16H,4,7,10H2,1-3H3,(H,25,26,28). The highest BCUT2D eigenvalue weighted by Gasteiger charge is 2.34. The number of nitrogens with one attached hydrogen (secondary N) is 1. The summed E-state index contributed by atoms with van der Waals surface area (Å²) in [5.41, 5.74) is 1.69. The van der Waals surface area contributed by atoms with Gasteiger partial charge in [-0.1, -0.05) is 6.92 Å². The van der Waals surface area contributed by atoms with Crippen LogP contribution in [0.15, 0.2) is 30.7 Å². The maximum Gasteiger partial charge on any atom is 0.249 e. The van der Waals surface area contributed by atoms with Crippen molar-refractivity contribution >= 4 is 23.4 Å². The van der Waals surface area contributed by atoms with Crippen molar-refractivity contribution in [1.82, 2.24) is 19.7 Å². The van der Waals surface area contributed by atoms with Crippen molar-refractivity contribution in [3.63, 3.8) is 0 Å². The fourth-order valence-electron chi connectivity index (χ4n) is 3.70. The molecule has 8 nitrogen and oxygen atoms in total. The van der Waals surface area contributed by atoms with Gasteiger partial charge in [0.25, 0.3) is 0 Å². The molecule has 1 aliphatic heterocycles. The first-order valence-electron chi connectivity index (χ1n) is 10.0. The summed E-state index contributed by atoms with van der Waals surface area (Å²) < 4.78 is 41.4. The lowest BCUT2D eigenvalue weighted by atomic mass is 10.1. The average molecular weight is 445 g/mol.